The summed E-state index contributed by atoms with van der Waals surface area (Å²) in [7, 11) is 1.56. The Kier molecular flexibility index (Phi) is 5.92. The lowest BCUT2D eigenvalue weighted by Crippen LogP contribution is -2.17. The zero-order valence-corrected chi connectivity index (χ0v) is 11.4. The van der Waals surface area contributed by atoms with Gasteiger partial charge in [0.1, 0.15) is 5.82 Å². The average molecular weight is 283 g/mol. The first-order chi connectivity index (χ1) is 9.47. The van der Waals surface area contributed by atoms with Gasteiger partial charge in [0, 0.05) is 19.1 Å². The van der Waals surface area contributed by atoms with Gasteiger partial charge >= 0.3 is 0 Å². The van der Waals surface area contributed by atoms with Gasteiger partial charge < -0.3 is 21.0 Å². The third-order valence-corrected chi connectivity index (χ3v) is 2.83. The molecule has 0 aliphatic rings. The molecule has 1 aromatic rings. The fourth-order valence-electron chi connectivity index (χ4n) is 1.50. The molecule has 1 aromatic carbocycles. The minimum atomic E-state index is -0.651. The van der Waals surface area contributed by atoms with Crippen LogP contribution in [0.4, 0.5) is 10.1 Å². The van der Waals surface area contributed by atoms with Crippen LogP contribution in [0.25, 0.3) is 0 Å². The van der Waals surface area contributed by atoms with Crippen molar-refractivity contribution in [2.45, 2.75) is 25.9 Å². The van der Waals surface area contributed by atoms with Crippen LogP contribution in [0.2, 0.25) is 0 Å². The van der Waals surface area contributed by atoms with E-state index in [4.69, 9.17) is 15.7 Å². The summed E-state index contributed by atoms with van der Waals surface area (Å²) >= 11 is 0. The topological polar surface area (TPSA) is 96.9 Å². The number of ether oxygens (including phenoxy) is 1. The predicted molar refractivity (Wildman–Crippen MR) is 73.2 cm³/mol. The largest absolute Gasteiger partial charge is 0.409 e. The van der Waals surface area contributed by atoms with E-state index in [0.717, 1.165) is 6.07 Å². The van der Waals surface area contributed by atoms with Gasteiger partial charge in [-0.1, -0.05) is 5.16 Å². The monoisotopic (exact) mass is 283 g/mol. The van der Waals surface area contributed by atoms with Crippen LogP contribution in [0.15, 0.2) is 23.4 Å². The maximum Gasteiger partial charge on any atom is 0.224 e. The van der Waals surface area contributed by atoms with Crippen LogP contribution >= 0.6 is 0 Å². The summed E-state index contributed by atoms with van der Waals surface area (Å²) in [5, 5.41) is 13.7. The van der Waals surface area contributed by atoms with Gasteiger partial charge in [0.15, 0.2) is 5.84 Å². The normalized spacial score (nSPS) is 13.1. The number of nitrogens with one attached hydrogen (secondary N) is 1. The maximum atomic E-state index is 13.7. The van der Waals surface area contributed by atoms with Gasteiger partial charge in [-0.15, -0.1) is 0 Å². The number of amides is 1. The van der Waals surface area contributed by atoms with Crippen molar-refractivity contribution < 1.29 is 19.1 Å². The van der Waals surface area contributed by atoms with E-state index in [1.807, 2.05) is 6.92 Å². The number of benzene rings is 1. The molecule has 4 N–H and O–H groups in total. The van der Waals surface area contributed by atoms with E-state index in [0.29, 0.717) is 6.42 Å². The van der Waals surface area contributed by atoms with Gasteiger partial charge in [-0.2, -0.15) is 0 Å². The van der Waals surface area contributed by atoms with Gasteiger partial charge in [-0.25, -0.2) is 4.39 Å². The third kappa shape index (κ3) is 4.51. The van der Waals surface area contributed by atoms with Crippen molar-refractivity contribution in [1.82, 2.24) is 0 Å². The summed E-state index contributed by atoms with van der Waals surface area (Å²) in [6.07, 6.45) is 0.747. The van der Waals surface area contributed by atoms with Gasteiger partial charge in [0.05, 0.1) is 11.8 Å². The first kappa shape index (κ1) is 15.9. The smallest absolute Gasteiger partial charge is 0.224 e. The summed E-state index contributed by atoms with van der Waals surface area (Å²) in [5.74, 6) is -1.15. The van der Waals surface area contributed by atoms with E-state index >= 15 is 0 Å². The van der Waals surface area contributed by atoms with Crippen molar-refractivity contribution in [3.63, 3.8) is 0 Å². The molecule has 0 aliphatic carbocycles. The molecule has 1 atom stereocenters. The van der Waals surface area contributed by atoms with Crippen molar-refractivity contribution in [2.75, 3.05) is 12.4 Å². The molecule has 110 valence electrons. The van der Waals surface area contributed by atoms with Gasteiger partial charge in [0.25, 0.3) is 0 Å². The van der Waals surface area contributed by atoms with E-state index in [1.54, 1.807) is 7.11 Å². The molecular weight excluding hydrogens is 265 g/mol. The van der Waals surface area contributed by atoms with Crippen LogP contribution in [0, 0.1) is 5.82 Å². The quantitative estimate of drug-likeness (QED) is 0.320. The first-order valence-corrected chi connectivity index (χ1v) is 6.08. The number of anilines is 1. The second kappa shape index (κ2) is 7.44. The Bertz CT molecular complexity index is 506. The number of rotatable bonds is 6. The van der Waals surface area contributed by atoms with E-state index in [9.17, 15) is 9.18 Å². The molecule has 0 spiro atoms. The minimum Gasteiger partial charge on any atom is -0.409 e. The van der Waals surface area contributed by atoms with Crippen molar-refractivity contribution >= 4 is 17.4 Å². The Hall–Kier alpha value is -2.15. The molecule has 0 fully saturated rings. The number of hydrogen-bond donors (Lipinski definition) is 3. The zero-order chi connectivity index (χ0) is 15.1. The average Bonchev–Trinajstić information content (AvgIpc) is 2.45. The Morgan fingerprint density at radius 3 is 2.85 bits per heavy atom. The molecule has 0 bridgehead atoms. The van der Waals surface area contributed by atoms with Crippen LogP contribution in [-0.2, 0) is 9.53 Å². The SMILES string of the molecule is COC(C)CCC(=O)Nc1ccc(/C(N)=N/O)cc1F. The molecule has 0 heterocycles. The molecular formula is C13H18FN3O3. The Morgan fingerprint density at radius 2 is 2.30 bits per heavy atom. The van der Waals surface area contributed by atoms with Gasteiger partial charge in [0.2, 0.25) is 5.91 Å². The molecule has 7 heteroatoms. The second-order valence-corrected chi connectivity index (χ2v) is 4.31. The Labute approximate surface area is 116 Å². The number of amidine groups is 1. The van der Waals surface area contributed by atoms with E-state index in [2.05, 4.69) is 10.5 Å². The first-order valence-electron chi connectivity index (χ1n) is 6.08. The highest BCUT2D eigenvalue weighted by molar-refractivity contribution is 5.98. The van der Waals surface area contributed by atoms with Crippen LogP contribution in [0.3, 0.4) is 0 Å². The lowest BCUT2D eigenvalue weighted by Gasteiger charge is -2.10. The third-order valence-electron chi connectivity index (χ3n) is 2.83. The van der Waals surface area contributed by atoms with Crippen molar-refractivity contribution in [3.05, 3.63) is 29.6 Å². The summed E-state index contributed by atoms with van der Waals surface area (Å²) in [6.45, 7) is 1.85. The fraction of sp³-hybridized carbons (Fsp3) is 0.385. The van der Waals surface area contributed by atoms with Crippen LogP contribution in [0.1, 0.15) is 25.3 Å². The zero-order valence-electron chi connectivity index (χ0n) is 11.4. The standard InChI is InChI=1S/C13H18FN3O3/c1-8(20-2)3-6-12(18)16-11-5-4-9(7-10(11)14)13(15)17-19/h4-5,7-8,19H,3,6H2,1-2H3,(H2,15,17)(H,16,18). The summed E-state index contributed by atoms with van der Waals surface area (Å²) in [6, 6.07) is 3.90. The summed E-state index contributed by atoms with van der Waals surface area (Å²) < 4.78 is 18.8. The highest BCUT2D eigenvalue weighted by Crippen LogP contribution is 2.16. The molecule has 0 aromatic heterocycles. The van der Waals surface area contributed by atoms with Crippen molar-refractivity contribution in [2.24, 2.45) is 10.9 Å². The summed E-state index contributed by atoms with van der Waals surface area (Å²) in [4.78, 5) is 11.6. The van der Waals surface area contributed by atoms with Gasteiger partial charge in [-0.3, -0.25) is 4.79 Å². The number of methoxy groups -OCH3 is 1. The number of carbonyl (C=O) groups is 1. The number of carbonyl (C=O) groups excluding carboxylic acids is 1. The molecule has 0 saturated carbocycles. The Balaban J connectivity index is 2.67. The van der Waals surface area contributed by atoms with E-state index in [1.165, 1.54) is 12.1 Å². The number of oxime groups is 1. The van der Waals surface area contributed by atoms with E-state index in [-0.39, 0.29) is 35.5 Å². The van der Waals surface area contributed by atoms with Crippen LogP contribution in [-0.4, -0.2) is 30.2 Å². The van der Waals surface area contributed by atoms with Gasteiger partial charge in [-0.05, 0) is 31.5 Å². The summed E-state index contributed by atoms with van der Waals surface area (Å²) in [5.41, 5.74) is 5.63. The number of nitrogens with zero attached hydrogens (tertiary/aromatic N) is 1. The number of hydrogen-bond acceptors (Lipinski definition) is 4. The minimum absolute atomic E-state index is 0.0338. The molecule has 1 amide bonds. The molecule has 6 nitrogen and oxygen atoms in total. The second-order valence-electron chi connectivity index (χ2n) is 4.31. The molecule has 0 saturated heterocycles. The van der Waals surface area contributed by atoms with Crippen molar-refractivity contribution in [3.8, 4) is 0 Å². The number of halogens is 1. The number of nitrogens with two attached hydrogens (primary N) is 1. The fourth-order valence-corrected chi connectivity index (χ4v) is 1.50. The molecule has 1 rings (SSSR count). The molecule has 0 radical (unpaired) electrons. The highest BCUT2D eigenvalue weighted by Gasteiger charge is 2.10. The van der Waals surface area contributed by atoms with E-state index < -0.39 is 5.82 Å². The molecule has 20 heavy (non-hydrogen) atoms. The van der Waals surface area contributed by atoms with Crippen LogP contribution in [0.5, 0.6) is 0 Å². The van der Waals surface area contributed by atoms with Crippen molar-refractivity contribution in [1.29, 1.82) is 0 Å². The molecule has 0 aliphatic heterocycles. The highest BCUT2D eigenvalue weighted by atomic mass is 19.1. The molecule has 1 unspecified atom stereocenters. The lowest BCUT2D eigenvalue weighted by atomic mass is 10.1. The lowest BCUT2D eigenvalue weighted by molar-refractivity contribution is -0.116. The predicted octanol–water partition coefficient (Wildman–Crippen LogP) is 1.67. The maximum absolute atomic E-state index is 13.7. The Morgan fingerprint density at radius 1 is 1.60 bits per heavy atom. The van der Waals surface area contributed by atoms with Crippen LogP contribution < -0.4 is 11.1 Å².